The van der Waals surface area contributed by atoms with Crippen LogP contribution in [0.2, 0.25) is 20.6 Å². The lowest BCUT2D eigenvalue weighted by atomic mass is 10.2. The Labute approximate surface area is 405 Å². The maximum atomic E-state index is 10.4. The van der Waals surface area contributed by atoms with Crippen molar-refractivity contribution in [3.8, 4) is 6.07 Å². The summed E-state index contributed by atoms with van der Waals surface area (Å²) in [7, 11) is 6.93. The Bertz CT molecular complexity index is 2280. The Kier molecular flexibility index (Phi) is 23.0. The van der Waals surface area contributed by atoms with Gasteiger partial charge in [0.15, 0.2) is 15.9 Å². The summed E-state index contributed by atoms with van der Waals surface area (Å²) in [6.45, 7) is 4.98. The minimum absolute atomic E-state index is 0.171. The maximum absolute atomic E-state index is 10.4. The number of nitrogens with zero attached hydrogens (tertiary/aromatic N) is 14. The molecule has 2 aliphatic rings. The van der Waals surface area contributed by atoms with Crippen molar-refractivity contribution in [3.05, 3.63) is 170 Å². The number of rotatable bonds is 13. The van der Waals surface area contributed by atoms with E-state index in [4.69, 9.17) is 51.7 Å². The zero-order chi connectivity index (χ0) is 49.3. The molecule has 28 heteroatoms. The topological polar surface area (TPSA) is 291 Å². The Balaban J connectivity index is 0.000000237. The van der Waals surface area contributed by atoms with E-state index in [2.05, 4.69) is 51.4 Å². The van der Waals surface area contributed by atoms with Gasteiger partial charge in [-0.1, -0.05) is 70.7 Å². The number of guanidine groups is 2. The molecule has 2 fully saturated rings. The van der Waals surface area contributed by atoms with Crippen molar-refractivity contribution in [2.75, 3.05) is 54.4 Å². The van der Waals surface area contributed by atoms with Crippen LogP contribution in [-0.4, -0.2) is 121 Å². The molecule has 0 atom stereocenters. The monoisotopic (exact) mass is 1000 g/mol. The van der Waals surface area contributed by atoms with Crippen molar-refractivity contribution in [2.24, 2.45) is 10.2 Å². The first-order chi connectivity index (χ1) is 32.0. The first-order valence-electron chi connectivity index (χ1n) is 19.6. The highest BCUT2D eigenvalue weighted by Gasteiger charge is 2.22. The van der Waals surface area contributed by atoms with Crippen LogP contribution >= 0.6 is 46.4 Å². The molecule has 0 radical (unpaired) electrons. The maximum Gasteiger partial charge on any atom is 0.274 e. The van der Waals surface area contributed by atoms with E-state index >= 15 is 0 Å². The van der Waals surface area contributed by atoms with Gasteiger partial charge in [-0.3, -0.25) is 10.1 Å². The van der Waals surface area contributed by atoms with Gasteiger partial charge in [-0.2, -0.15) is 5.26 Å². The van der Waals surface area contributed by atoms with E-state index in [1.807, 2.05) is 41.1 Å². The average Bonchev–Trinajstić information content (AvgIpc) is 3.92. The van der Waals surface area contributed by atoms with Crippen LogP contribution in [0.1, 0.15) is 22.3 Å². The van der Waals surface area contributed by atoms with Crippen molar-refractivity contribution in [1.29, 1.82) is 5.26 Å². The van der Waals surface area contributed by atoms with Gasteiger partial charge >= 0.3 is 0 Å². The molecule has 0 bridgehead atoms. The number of halogens is 4. The number of nitrogens with one attached hydrogen (secondary N) is 4. The van der Waals surface area contributed by atoms with Gasteiger partial charge in [0.1, 0.15) is 36.6 Å². The number of allylic oxidation sites excluding steroid dienone is 1. The van der Waals surface area contributed by atoms with E-state index in [0.29, 0.717) is 72.2 Å². The Morgan fingerprint density at radius 2 is 1.19 bits per heavy atom. The SMILES string of the molecule is CN/C(=C\C#N)N(C)Cc1ccc(Cl)nc1.CN/C(=N\[N+](=O)[O-])N(C)Cc1ccc(Cl)nc1.O=[N+]([O-])/C=C1\NCCN1Cc1ccc(Cl)nc1.O=[N+]([O-])/N=C1\NCCN1Cc1ccc(Cl)nc1. The molecule has 0 aliphatic carbocycles. The molecule has 4 aromatic rings. The van der Waals surface area contributed by atoms with Crippen molar-refractivity contribution in [3.63, 3.8) is 0 Å². The number of nitro groups is 3. The van der Waals surface area contributed by atoms with Gasteiger partial charge in [-0.15, -0.1) is 0 Å². The number of aromatic nitrogens is 4. The van der Waals surface area contributed by atoms with Crippen LogP contribution in [0.3, 0.4) is 0 Å². The Morgan fingerprint density at radius 1 is 0.731 bits per heavy atom. The highest BCUT2D eigenvalue weighted by Crippen LogP contribution is 2.15. The molecule has 6 heterocycles. The van der Waals surface area contributed by atoms with Gasteiger partial charge in [0.05, 0.1) is 17.1 Å². The lowest BCUT2D eigenvalue weighted by Gasteiger charge is -2.21. The largest absolute Gasteiger partial charge is 0.374 e. The van der Waals surface area contributed by atoms with E-state index in [-0.39, 0.29) is 11.9 Å². The molecule has 0 aromatic carbocycles. The average molecular weight is 1000 g/mol. The van der Waals surface area contributed by atoms with Crippen molar-refractivity contribution >= 4 is 58.3 Å². The van der Waals surface area contributed by atoms with Crippen molar-refractivity contribution < 1.29 is 15.0 Å². The van der Waals surface area contributed by atoms with E-state index in [0.717, 1.165) is 40.8 Å². The number of hydrogen-bond donors (Lipinski definition) is 4. The molecule has 67 heavy (non-hydrogen) atoms. The summed E-state index contributed by atoms with van der Waals surface area (Å²) in [4.78, 5) is 53.6. The third-order valence-corrected chi connectivity index (χ3v) is 9.66. The van der Waals surface area contributed by atoms with Crippen LogP contribution < -0.4 is 21.3 Å². The first-order valence-corrected chi connectivity index (χ1v) is 21.1. The first kappa shape index (κ1) is 54.0. The zero-order valence-corrected chi connectivity index (χ0v) is 39.5. The number of hydrogen-bond acceptors (Lipinski definition) is 15. The van der Waals surface area contributed by atoms with Gasteiger partial charge in [0.25, 0.3) is 18.1 Å². The molecule has 0 amide bonds. The predicted molar refractivity (Wildman–Crippen MR) is 252 cm³/mol. The van der Waals surface area contributed by atoms with Gasteiger partial charge in [-0.25, -0.2) is 40.2 Å². The van der Waals surface area contributed by atoms with Gasteiger partial charge < -0.3 is 40.9 Å². The van der Waals surface area contributed by atoms with Crippen LogP contribution in [0.5, 0.6) is 0 Å². The summed E-state index contributed by atoms with van der Waals surface area (Å²) >= 11 is 22.7. The van der Waals surface area contributed by atoms with Gasteiger partial charge in [0.2, 0.25) is 0 Å². The molecule has 4 aromatic heterocycles. The predicted octanol–water partition coefficient (Wildman–Crippen LogP) is 4.59. The molecule has 2 aliphatic heterocycles. The summed E-state index contributed by atoms with van der Waals surface area (Å²) in [5.41, 5.74) is 3.80. The second kappa shape index (κ2) is 28.6. The van der Waals surface area contributed by atoms with Crippen molar-refractivity contribution in [2.45, 2.75) is 26.2 Å². The van der Waals surface area contributed by atoms with E-state index < -0.39 is 15.0 Å². The summed E-state index contributed by atoms with van der Waals surface area (Å²) in [5.74, 6) is 1.75. The molecule has 6 rings (SSSR count). The van der Waals surface area contributed by atoms with Crippen LogP contribution in [0.25, 0.3) is 0 Å². The summed E-state index contributed by atoms with van der Waals surface area (Å²) in [6, 6.07) is 16.2. The second-order valence-electron chi connectivity index (χ2n) is 13.6. The summed E-state index contributed by atoms with van der Waals surface area (Å²) < 4.78 is 0. The number of hydrazone groups is 2. The standard InChI is InChI=1S/C11H13ClN4.C10H11ClN4O2.C9H10ClN5O2.C9H12ClN5O2/c1-14-11(5-6-13)16(2)8-9-3-4-10(12)15-7-9;11-9-2-1-8(5-13-9)6-14-4-3-12-10(14)7-15(16)17;10-8-2-1-7(5-12-8)6-14-4-3-11-9(14)13-15(16)17;1-11-9(13-15(16)17)14(2)6-7-3-4-8(10)12-5-7/h3-5,7,14H,8H2,1-2H3;1-2,5,7,12H,3-4,6H2;1-2,5H,3-4,6H2,(H,11,13);3-5H,6H2,1-2H3,(H,11,13)/b11-5+;10-7+;;. The normalized spacial score (nSPS) is 14.1. The van der Waals surface area contributed by atoms with Crippen LogP contribution in [0, 0.1) is 41.7 Å². The van der Waals surface area contributed by atoms with Crippen LogP contribution in [0.4, 0.5) is 0 Å². The fourth-order valence-electron chi connectivity index (χ4n) is 5.77. The van der Waals surface area contributed by atoms with Gasteiger partial charge in [-0.05, 0) is 46.5 Å². The summed E-state index contributed by atoms with van der Waals surface area (Å²) in [5, 5.41) is 57.9. The molecule has 24 nitrogen and oxygen atoms in total. The Hall–Kier alpha value is -7.33. The lowest BCUT2D eigenvalue weighted by Crippen LogP contribution is -2.36. The molecule has 0 spiro atoms. The minimum atomic E-state index is -0.748. The van der Waals surface area contributed by atoms with Crippen LogP contribution in [-0.2, 0) is 26.2 Å². The van der Waals surface area contributed by atoms with E-state index in [1.165, 1.54) is 6.08 Å². The van der Waals surface area contributed by atoms with Crippen molar-refractivity contribution in [1.82, 2.24) is 60.8 Å². The molecular formula is C39H46Cl4N18O6. The quantitative estimate of drug-likeness (QED) is 0.0356. The third-order valence-electron chi connectivity index (χ3n) is 8.77. The highest BCUT2D eigenvalue weighted by molar-refractivity contribution is 6.30. The fraction of sp³-hybridized carbons (Fsp3) is 0.308. The fourth-order valence-corrected chi connectivity index (χ4v) is 6.22. The smallest absolute Gasteiger partial charge is 0.274 e. The molecule has 0 unspecified atom stereocenters. The van der Waals surface area contributed by atoms with Gasteiger partial charge in [0, 0.05) is 105 Å². The Morgan fingerprint density at radius 3 is 1.61 bits per heavy atom. The summed E-state index contributed by atoms with van der Waals surface area (Å²) in [6.07, 6.45) is 9.09. The molecule has 356 valence electrons. The molecular weight excluding hydrogens is 958 g/mol. The molecule has 2 saturated heterocycles. The van der Waals surface area contributed by atoms with E-state index in [1.54, 1.807) is 86.1 Å². The highest BCUT2D eigenvalue weighted by atomic mass is 35.5. The number of nitriles is 1. The third kappa shape index (κ3) is 20.6. The van der Waals surface area contributed by atoms with Crippen LogP contribution in [0.15, 0.2) is 107 Å². The lowest BCUT2D eigenvalue weighted by molar-refractivity contribution is -0.485. The zero-order valence-electron chi connectivity index (χ0n) is 36.5. The minimum Gasteiger partial charge on any atom is -0.374 e. The second-order valence-corrected chi connectivity index (χ2v) is 15.2. The van der Waals surface area contributed by atoms with E-state index in [9.17, 15) is 30.3 Å². The number of pyridine rings is 4. The molecule has 0 saturated carbocycles. The molecule has 4 N–H and O–H groups in total.